The minimum Gasteiger partial charge on any atom is -0.508 e. The number of aryl methyl sites for hydroxylation is 1. The second-order valence-corrected chi connectivity index (χ2v) is 5.15. The number of carbonyl (C=O) groups is 1. The molecule has 0 saturated carbocycles. The summed E-state index contributed by atoms with van der Waals surface area (Å²) in [6, 6.07) is 4.80. The Kier molecular flexibility index (Phi) is 6.80. The first kappa shape index (κ1) is 15.0. The second-order valence-electron chi connectivity index (χ2n) is 4.36. The van der Waals surface area contributed by atoms with Gasteiger partial charge in [0.1, 0.15) is 5.75 Å². The smallest absolute Gasteiger partial charge is 0.251 e. The third-order valence-electron chi connectivity index (χ3n) is 2.80. The van der Waals surface area contributed by atoms with Crippen LogP contribution in [-0.4, -0.2) is 22.9 Å². The van der Waals surface area contributed by atoms with E-state index in [-0.39, 0.29) is 11.7 Å². The summed E-state index contributed by atoms with van der Waals surface area (Å²) in [6.07, 6.45) is 4.53. The van der Waals surface area contributed by atoms with E-state index in [1.54, 1.807) is 12.1 Å². The van der Waals surface area contributed by atoms with Gasteiger partial charge in [-0.15, -0.1) is 0 Å². The fourth-order valence-corrected chi connectivity index (χ4v) is 2.17. The minimum atomic E-state index is -0.0620. The van der Waals surface area contributed by atoms with Crippen molar-refractivity contribution >= 4 is 21.8 Å². The van der Waals surface area contributed by atoms with E-state index in [2.05, 4.69) is 21.2 Å². The number of unbranched alkanes of at least 4 members (excludes halogenated alkanes) is 3. The van der Waals surface area contributed by atoms with Crippen LogP contribution in [0.25, 0.3) is 0 Å². The molecule has 100 valence electrons. The SMILES string of the molecule is Cc1cc(O)ccc1C(=O)NCCCCCCBr. The number of hydrogen-bond donors (Lipinski definition) is 2. The minimum absolute atomic E-state index is 0.0620. The molecule has 0 spiro atoms. The van der Waals surface area contributed by atoms with Crippen molar-refractivity contribution in [1.82, 2.24) is 5.32 Å². The Morgan fingerprint density at radius 1 is 1.28 bits per heavy atom. The molecule has 0 aromatic heterocycles. The van der Waals surface area contributed by atoms with Crippen molar-refractivity contribution in [3.05, 3.63) is 29.3 Å². The quantitative estimate of drug-likeness (QED) is 0.599. The Balaban J connectivity index is 2.32. The number of rotatable bonds is 7. The average Bonchev–Trinajstić information content (AvgIpc) is 2.33. The maximum Gasteiger partial charge on any atom is 0.251 e. The topological polar surface area (TPSA) is 49.3 Å². The van der Waals surface area contributed by atoms with Crippen molar-refractivity contribution in [2.75, 3.05) is 11.9 Å². The largest absolute Gasteiger partial charge is 0.508 e. The van der Waals surface area contributed by atoms with Gasteiger partial charge in [-0.1, -0.05) is 28.8 Å². The van der Waals surface area contributed by atoms with Gasteiger partial charge >= 0.3 is 0 Å². The first-order chi connectivity index (χ1) is 8.65. The van der Waals surface area contributed by atoms with Gasteiger partial charge in [-0.25, -0.2) is 0 Å². The molecular formula is C14H20BrNO2. The Labute approximate surface area is 117 Å². The van der Waals surface area contributed by atoms with Gasteiger partial charge in [0.15, 0.2) is 0 Å². The number of carbonyl (C=O) groups excluding carboxylic acids is 1. The summed E-state index contributed by atoms with van der Waals surface area (Å²) in [4.78, 5) is 11.9. The normalized spacial score (nSPS) is 10.3. The Morgan fingerprint density at radius 2 is 2.00 bits per heavy atom. The van der Waals surface area contributed by atoms with Crippen molar-refractivity contribution in [3.8, 4) is 5.75 Å². The molecular weight excluding hydrogens is 294 g/mol. The van der Waals surface area contributed by atoms with Crippen LogP contribution < -0.4 is 5.32 Å². The summed E-state index contributed by atoms with van der Waals surface area (Å²) in [5, 5.41) is 13.2. The van der Waals surface area contributed by atoms with E-state index in [1.807, 2.05) is 6.92 Å². The van der Waals surface area contributed by atoms with Gasteiger partial charge in [0.25, 0.3) is 5.91 Å². The van der Waals surface area contributed by atoms with Crippen LogP contribution in [0.15, 0.2) is 18.2 Å². The molecule has 0 bridgehead atoms. The van der Waals surface area contributed by atoms with Gasteiger partial charge in [0, 0.05) is 17.4 Å². The lowest BCUT2D eigenvalue weighted by molar-refractivity contribution is 0.0952. The number of phenolic OH excluding ortho intramolecular Hbond substituents is 1. The molecule has 3 nitrogen and oxygen atoms in total. The second kappa shape index (κ2) is 8.14. The van der Waals surface area contributed by atoms with Gasteiger partial charge in [-0.05, 0) is 43.5 Å². The highest BCUT2D eigenvalue weighted by molar-refractivity contribution is 9.09. The number of amides is 1. The number of phenols is 1. The molecule has 1 aromatic carbocycles. The van der Waals surface area contributed by atoms with Crippen LogP contribution >= 0.6 is 15.9 Å². The molecule has 1 amide bonds. The Morgan fingerprint density at radius 3 is 2.67 bits per heavy atom. The molecule has 0 aliphatic carbocycles. The van der Waals surface area contributed by atoms with E-state index in [0.29, 0.717) is 12.1 Å². The maximum absolute atomic E-state index is 11.9. The number of benzene rings is 1. The third-order valence-corrected chi connectivity index (χ3v) is 3.36. The lowest BCUT2D eigenvalue weighted by Crippen LogP contribution is -2.25. The standard InChI is InChI=1S/C14H20BrNO2/c1-11-10-12(17)6-7-13(11)14(18)16-9-5-3-2-4-8-15/h6-7,10,17H,2-5,8-9H2,1H3,(H,16,18). The molecule has 0 aliphatic rings. The molecule has 0 radical (unpaired) electrons. The molecule has 1 aromatic rings. The van der Waals surface area contributed by atoms with Crippen LogP contribution in [0.1, 0.15) is 41.6 Å². The number of halogens is 1. The van der Waals surface area contributed by atoms with E-state index in [4.69, 9.17) is 0 Å². The summed E-state index contributed by atoms with van der Waals surface area (Å²) in [5.74, 6) is 0.131. The van der Waals surface area contributed by atoms with Crippen LogP contribution in [0.3, 0.4) is 0 Å². The van der Waals surface area contributed by atoms with E-state index in [9.17, 15) is 9.90 Å². The van der Waals surface area contributed by atoms with Crippen molar-refractivity contribution < 1.29 is 9.90 Å². The highest BCUT2D eigenvalue weighted by Gasteiger charge is 2.08. The van der Waals surface area contributed by atoms with Crippen LogP contribution in [-0.2, 0) is 0 Å². The first-order valence-corrected chi connectivity index (χ1v) is 7.41. The predicted molar refractivity (Wildman–Crippen MR) is 77.4 cm³/mol. The Hall–Kier alpha value is -1.03. The van der Waals surface area contributed by atoms with Crippen LogP contribution in [0.4, 0.5) is 0 Å². The van der Waals surface area contributed by atoms with Crippen LogP contribution in [0.5, 0.6) is 5.75 Å². The fraction of sp³-hybridized carbons (Fsp3) is 0.500. The summed E-state index contributed by atoms with van der Waals surface area (Å²) < 4.78 is 0. The van der Waals surface area contributed by atoms with Crippen molar-refractivity contribution in [2.24, 2.45) is 0 Å². The molecule has 4 heteroatoms. The van der Waals surface area contributed by atoms with Crippen LogP contribution in [0, 0.1) is 6.92 Å². The molecule has 0 unspecified atom stereocenters. The monoisotopic (exact) mass is 313 g/mol. The molecule has 0 heterocycles. The molecule has 0 saturated heterocycles. The fourth-order valence-electron chi connectivity index (χ4n) is 1.77. The molecule has 0 atom stereocenters. The Bertz CT molecular complexity index is 393. The van der Waals surface area contributed by atoms with Crippen molar-refractivity contribution in [2.45, 2.75) is 32.6 Å². The van der Waals surface area contributed by atoms with E-state index < -0.39 is 0 Å². The van der Waals surface area contributed by atoms with E-state index in [1.165, 1.54) is 18.9 Å². The number of aromatic hydroxyl groups is 1. The first-order valence-electron chi connectivity index (χ1n) is 6.29. The molecule has 2 N–H and O–H groups in total. The zero-order chi connectivity index (χ0) is 13.4. The predicted octanol–water partition coefficient (Wildman–Crippen LogP) is 3.39. The average molecular weight is 314 g/mol. The number of hydrogen-bond acceptors (Lipinski definition) is 2. The lowest BCUT2D eigenvalue weighted by atomic mass is 10.1. The molecule has 0 fully saturated rings. The molecule has 0 aliphatic heterocycles. The number of nitrogens with one attached hydrogen (secondary N) is 1. The molecule has 18 heavy (non-hydrogen) atoms. The molecule has 1 rings (SSSR count). The summed E-state index contributed by atoms with van der Waals surface area (Å²) in [7, 11) is 0. The van der Waals surface area contributed by atoms with Crippen LogP contribution in [0.2, 0.25) is 0 Å². The van der Waals surface area contributed by atoms with Gasteiger partial charge in [0.05, 0.1) is 0 Å². The number of alkyl halides is 1. The van der Waals surface area contributed by atoms with Gasteiger partial charge in [-0.3, -0.25) is 4.79 Å². The summed E-state index contributed by atoms with van der Waals surface area (Å²) >= 11 is 3.40. The highest BCUT2D eigenvalue weighted by Crippen LogP contribution is 2.15. The van der Waals surface area contributed by atoms with Crippen molar-refractivity contribution in [1.29, 1.82) is 0 Å². The maximum atomic E-state index is 11.9. The van der Waals surface area contributed by atoms with E-state index >= 15 is 0 Å². The van der Waals surface area contributed by atoms with E-state index in [0.717, 1.165) is 23.7 Å². The van der Waals surface area contributed by atoms with Gasteiger partial charge < -0.3 is 10.4 Å². The zero-order valence-corrected chi connectivity index (χ0v) is 12.3. The summed E-state index contributed by atoms with van der Waals surface area (Å²) in [5.41, 5.74) is 1.43. The zero-order valence-electron chi connectivity index (χ0n) is 10.7. The lowest BCUT2D eigenvalue weighted by Gasteiger charge is -2.07. The van der Waals surface area contributed by atoms with Gasteiger partial charge in [-0.2, -0.15) is 0 Å². The van der Waals surface area contributed by atoms with Gasteiger partial charge in [0.2, 0.25) is 0 Å². The third kappa shape index (κ3) is 5.08. The van der Waals surface area contributed by atoms with Crippen molar-refractivity contribution in [3.63, 3.8) is 0 Å². The highest BCUT2D eigenvalue weighted by atomic mass is 79.9. The summed E-state index contributed by atoms with van der Waals surface area (Å²) in [6.45, 7) is 2.53.